The van der Waals surface area contributed by atoms with Crippen molar-refractivity contribution in [3.05, 3.63) is 96.8 Å². The average molecular weight is 409 g/mol. The molecule has 1 heterocycles. The maximum Gasteiger partial charge on any atom is 0.323 e. The predicted octanol–water partition coefficient (Wildman–Crippen LogP) is 4.93. The molecule has 1 aromatic heterocycles. The molecule has 0 saturated heterocycles. The Labute approximate surface area is 178 Å². The molecule has 31 heavy (non-hydrogen) atoms. The molecule has 3 N–H and O–H groups in total. The fourth-order valence-electron chi connectivity index (χ4n) is 2.85. The van der Waals surface area contributed by atoms with Crippen molar-refractivity contribution < 1.29 is 9.59 Å². The number of aromatic nitrogens is 2. The Morgan fingerprint density at radius 3 is 1.97 bits per heavy atom. The second-order valence-corrected chi connectivity index (χ2v) is 6.63. The first-order valence-corrected chi connectivity index (χ1v) is 9.60. The average Bonchev–Trinajstić information content (AvgIpc) is 2.79. The number of para-hydroxylation sites is 3. The Morgan fingerprint density at radius 1 is 0.677 bits per heavy atom. The van der Waals surface area contributed by atoms with Crippen LogP contribution in [0.25, 0.3) is 17.1 Å². The molecule has 3 aromatic carbocycles. The largest absolute Gasteiger partial charge is 0.323 e. The highest BCUT2D eigenvalue weighted by atomic mass is 16.2. The van der Waals surface area contributed by atoms with Gasteiger partial charge in [-0.05, 0) is 54.6 Å². The van der Waals surface area contributed by atoms with E-state index in [4.69, 9.17) is 0 Å². The zero-order valence-electron chi connectivity index (χ0n) is 16.4. The molecule has 0 radical (unpaired) electrons. The number of hydrogen-bond acceptors (Lipinski definition) is 4. The lowest BCUT2D eigenvalue weighted by Crippen LogP contribution is -2.19. The maximum atomic E-state index is 12.2. The Morgan fingerprint density at radius 2 is 1.26 bits per heavy atom. The summed E-state index contributed by atoms with van der Waals surface area (Å²) in [5.74, 6) is -0.294. The third kappa shape index (κ3) is 5.51. The van der Waals surface area contributed by atoms with Crippen LogP contribution in [0.3, 0.4) is 0 Å². The summed E-state index contributed by atoms with van der Waals surface area (Å²) in [4.78, 5) is 33.0. The summed E-state index contributed by atoms with van der Waals surface area (Å²) in [7, 11) is 0. The molecule has 0 bridgehead atoms. The summed E-state index contributed by atoms with van der Waals surface area (Å²) in [5, 5.41) is 8.25. The van der Waals surface area contributed by atoms with Gasteiger partial charge in [-0.15, -0.1) is 0 Å². The summed E-state index contributed by atoms with van der Waals surface area (Å²) >= 11 is 0. The van der Waals surface area contributed by atoms with Crippen molar-refractivity contribution in [3.63, 3.8) is 0 Å². The SMILES string of the molecule is O=C(/C=C/c1cnc2ccccc2n1)Nc1ccc(NC(=O)Nc2ccccc2)cc1. The Kier molecular flexibility index (Phi) is 5.95. The summed E-state index contributed by atoms with van der Waals surface area (Å²) in [5.41, 5.74) is 4.07. The van der Waals surface area contributed by atoms with Crippen LogP contribution >= 0.6 is 0 Å². The van der Waals surface area contributed by atoms with Gasteiger partial charge < -0.3 is 16.0 Å². The molecule has 0 fully saturated rings. The molecule has 0 atom stereocenters. The van der Waals surface area contributed by atoms with Crippen LogP contribution in [0, 0.1) is 0 Å². The number of fused-ring (bicyclic) bond motifs is 1. The number of anilines is 3. The molecule has 0 aliphatic rings. The van der Waals surface area contributed by atoms with Gasteiger partial charge in [-0.1, -0.05) is 30.3 Å². The molecular weight excluding hydrogens is 390 g/mol. The maximum absolute atomic E-state index is 12.2. The smallest absolute Gasteiger partial charge is 0.323 e. The predicted molar refractivity (Wildman–Crippen MR) is 123 cm³/mol. The number of amides is 3. The molecule has 3 amide bonds. The number of rotatable bonds is 5. The van der Waals surface area contributed by atoms with Crippen molar-refractivity contribution in [2.75, 3.05) is 16.0 Å². The van der Waals surface area contributed by atoms with Gasteiger partial charge in [0.2, 0.25) is 5.91 Å². The highest BCUT2D eigenvalue weighted by molar-refractivity contribution is 6.02. The van der Waals surface area contributed by atoms with Crippen LogP contribution in [0.1, 0.15) is 5.69 Å². The van der Waals surface area contributed by atoms with Crippen molar-refractivity contribution in [2.24, 2.45) is 0 Å². The van der Waals surface area contributed by atoms with Crippen LogP contribution in [0.15, 0.2) is 91.1 Å². The van der Waals surface area contributed by atoms with Crippen molar-refractivity contribution in [3.8, 4) is 0 Å². The van der Waals surface area contributed by atoms with Crippen LogP contribution in [0.2, 0.25) is 0 Å². The molecule has 4 rings (SSSR count). The van der Waals surface area contributed by atoms with E-state index >= 15 is 0 Å². The lowest BCUT2D eigenvalue weighted by atomic mass is 10.2. The highest BCUT2D eigenvalue weighted by Gasteiger charge is 2.04. The van der Waals surface area contributed by atoms with Crippen LogP contribution < -0.4 is 16.0 Å². The van der Waals surface area contributed by atoms with E-state index in [1.807, 2.05) is 42.5 Å². The number of urea groups is 1. The second-order valence-electron chi connectivity index (χ2n) is 6.63. The normalized spacial score (nSPS) is 10.7. The molecule has 0 saturated carbocycles. The standard InChI is InChI=1S/C24H19N5O2/c30-23(15-14-20-16-25-21-8-4-5-9-22(21)26-20)27-18-10-12-19(13-11-18)29-24(31)28-17-6-2-1-3-7-17/h1-16H,(H,27,30)(H2,28,29,31)/b15-14+. The minimum atomic E-state index is -0.345. The quantitative estimate of drug-likeness (QED) is 0.408. The molecule has 0 unspecified atom stereocenters. The number of carbonyl (C=O) groups is 2. The zero-order chi connectivity index (χ0) is 21.5. The van der Waals surface area contributed by atoms with Crippen LogP contribution in [-0.4, -0.2) is 21.9 Å². The van der Waals surface area contributed by atoms with Crippen molar-refractivity contribution in [1.29, 1.82) is 0 Å². The Bertz CT molecular complexity index is 1240. The van der Waals surface area contributed by atoms with Crippen LogP contribution in [-0.2, 0) is 4.79 Å². The third-order valence-electron chi connectivity index (χ3n) is 4.31. The Balaban J connectivity index is 1.32. The van der Waals surface area contributed by atoms with E-state index in [1.54, 1.807) is 48.7 Å². The van der Waals surface area contributed by atoms with Crippen LogP contribution in [0.5, 0.6) is 0 Å². The first kappa shape index (κ1) is 19.8. The fourth-order valence-corrected chi connectivity index (χ4v) is 2.85. The zero-order valence-corrected chi connectivity index (χ0v) is 16.4. The first-order valence-electron chi connectivity index (χ1n) is 9.60. The summed E-state index contributed by atoms with van der Waals surface area (Å²) in [6.45, 7) is 0. The van der Waals surface area contributed by atoms with Crippen molar-refractivity contribution >= 4 is 46.1 Å². The van der Waals surface area contributed by atoms with Gasteiger partial charge in [-0.3, -0.25) is 9.78 Å². The van der Waals surface area contributed by atoms with Gasteiger partial charge in [0.1, 0.15) is 0 Å². The molecule has 0 spiro atoms. The monoisotopic (exact) mass is 409 g/mol. The van der Waals surface area contributed by atoms with E-state index in [0.29, 0.717) is 22.8 Å². The van der Waals surface area contributed by atoms with Gasteiger partial charge in [0.25, 0.3) is 0 Å². The molecular formula is C24H19N5O2. The third-order valence-corrected chi connectivity index (χ3v) is 4.31. The number of nitrogens with zero attached hydrogens (tertiary/aromatic N) is 2. The molecule has 0 aliphatic carbocycles. The lowest BCUT2D eigenvalue weighted by Gasteiger charge is -2.08. The lowest BCUT2D eigenvalue weighted by molar-refractivity contribution is -0.111. The van der Waals surface area contributed by atoms with Crippen LogP contribution in [0.4, 0.5) is 21.9 Å². The number of hydrogen-bond donors (Lipinski definition) is 3. The van der Waals surface area contributed by atoms with Crippen molar-refractivity contribution in [1.82, 2.24) is 9.97 Å². The van der Waals surface area contributed by atoms with E-state index in [9.17, 15) is 9.59 Å². The van der Waals surface area contributed by atoms with Gasteiger partial charge in [-0.2, -0.15) is 0 Å². The summed E-state index contributed by atoms with van der Waals surface area (Å²) < 4.78 is 0. The summed E-state index contributed by atoms with van der Waals surface area (Å²) in [6, 6.07) is 23.2. The molecule has 152 valence electrons. The topological polar surface area (TPSA) is 96.0 Å². The summed E-state index contributed by atoms with van der Waals surface area (Å²) in [6.07, 6.45) is 4.63. The highest BCUT2D eigenvalue weighted by Crippen LogP contribution is 2.15. The molecule has 4 aromatic rings. The fraction of sp³-hybridized carbons (Fsp3) is 0. The molecule has 7 heteroatoms. The molecule has 0 aliphatic heterocycles. The van der Waals surface area contributed by atoms with E-state index in [2.05, 4.69) is 25.9 Å². The van der Waals surface area contributed by atoms with E-state index in [1.165, 1.54) is 6.08 Å². The molecule has 7 nitrogen and oxygen atoms in total. The minimum Gasteiger partial charge on any atom is -0.323 e. The number of carbonyl (C=O) groups excluding carboxylic acids is 2. The van der Waals surface area contributed by atoms with E-state index < -0.39 is 0 Å². The van der Waals surface area contributed by atoms with Gasteiger partial charge in [-0.25, -0.2) is 9.78 Å². The van der Waals surface area contributed by atoms with E-state index in [0.717, 1.165) is 11.0 Å². The number of nitrogens with one attached hydrogen (secondary N) is 3. The van der Waals surface area contributed by atoms with Gasteiger partial charge in [0, 0.05) is 23.1 Å². The van der Waals surface area contributed by atoms with Gasteiger partial charge in [0.15, 0.2) is 0 Å². The Hall–Kier alpha value is -4.52. The number of benzene rings is 3. The first-order chi connectivity index (χ1) is 15.2. The second kappa shape index (κ2) is 9.32. The van der Waals surface area contributed by atoms with E-state index in [-0.39, 0.29) is 11.9 Å². The van der Waals surface area contributed by atoms with Gasteiger partial charge in [0.05, 0.1) is 22.9 Å². The minimum absolute atomic E-state index is 0.294. The van der Waals surface area contributed by atoms with Crippen molar-refractivity contribution in [2.45, 2.75) is 0 Å². The van der Waals surface area contributed by atoms with Gasteiger partial charge >= 0.3 is 6.03 Å².